The van der Waals surface area contributed by atoms with Gasteiger partial charge in [0.1, 0.15) is 0 Å². The molecule has 2 aromatic rings. The van der Waals surface area contributed by atoms with Gasteiger partial charge in [-0.1, -0.05) is 70.8 Å². The molecule has 2 heterocycles. The molecule has 2 aliphatic rings. The smallest absolute Gasteiger partial charge is 0.245 e. The first-order valence-electron chi connectivity index (χ1n) is 7.18. The van der Waals surface area contributed by atoms with Gasteiger partial charge in [-0.15, -0.1) is 0 Å². The minimum absolute atomic E-state index is 0.446. The van der Waals surface area contributed by atoms with E-state index in [0.717, 1.165) is 11.1 Å². The van der Waals surface area contributed by atoms with Crippen LogP contribution in [0.1, 0.15) is 23.2 Å². The molecule has 0 bridgehead atoms. The average molecular weight is 329 g/mol. The summed E-state index contributed by atoms with van der Waals surface area (Å²) in [5.74, 6) is -0.892. The van der Waals surface area contributed by atoms with Crippen LogP contribution < -0.4 is 10.2 Å². The minimum Gasteiger partial charge on any atom is -0.245 e. The monoisotopic (exact) mass is 329 g/mol. The number of carbonyl (C=O) groups excluding carboxylic acids is 2. The van der Waals surface area contributed by atoms with Crippen molar-refractivity contribution >= 4 is 20.0 Å². The van der Waals surface area contributed by atoms with Crippen molar-refractivity contribution in [3.63, 3.8) is 0 Å². The molecule has 116 valence electrons. The molecule has 0 aliphatic carbocycles. The first kappa shape index (κ1) is 14.3. The SMILES string of the molecule is O=C1O[P+]2(N[C@H]1c1ccccc1)N[C@@H](c1ccccc1)C(=O)O2. The molecule has 6 nitrogen and oxygen atoms in total. The summed E-state index contributed by atoms with van der Waals surface area (Å²) in [5.41, 5.74) is 1.55. The lowest BCUT2D eigenvalue weighted by atomic mass is 10.1. The van der Waals surface area contributed by atoms with E-state index in [0.29, 0.717) is 0 Å². The standard InChI is InChI=1S/C16H14N2O4P/c19-15-13(11-7-3-1-4-8-11)17-23(21-15)18-14(16(20)22-23)12-9-5-2-6-10-12/h1-10,13-14,17-18H/q+1/t13-,14-,23?/m0/s1. The van der Waals surface area contributed by atoms with Gasteiger partial charge in [0.25, 0.3) is 0 Å². The topological polar surface area (TPSA) is 76.7 Å². The van der Waals surface area contributed by atoms with E-state index >= 15 is 0 Å². The molecular formula is C16H14N2O4P+. The van der Waals surface area contributed by atoms with Crippen molar-refractivity contribution in [1.82, 2.24) is 10.2 Å². The van der Waals surface area contributed by atoms with Crippen LogP contribution in [0.5, 0.6) is 0 Å². The maximum absolute atomic E-state index is 12.2. The van der Waals surface area contributed by atoms with Crippen molar-refractivity contribution in [1.29, 1.82) is 0 Å². The maximum Gasteiger partial charge on any atom is 0.528 e. The van der Waals surface area contributed by atoms with E-state index < -0.39 is 32.0 Å². The molecule has 0 radical (unpaired) electrons. The molecule has 0 unspecified atom stereocenters. The molecule has 1 spiro atoms. The van der Waals surface area contributed by atoms with Gasteiger partial charge in [-0.05, 0) is 11.1 Å². The van der Waals surface area contributed by atoms with Gasteiger partial charge >= 0.3 is 20.0 Å². The second kappa shape index (κ2) is 5.42. The predicted octanol–water partition coefficient (Wildman–Crippen LogP) is 2.44. The molecule has 2 saturated heterocycles. The lowest BCUT2D eigenvalue weighted by molar-refractivity contribution is -0.135. The summed E-state index contributed by atoms with van der Waals surface area (Å²) in [4.78, 5) is 24.4. The van der Waals surface area contributed by atoms with Gasteiger partial charge in [-0.25, -0.2) is 18.6 Å². The molecule has 2 N–H and O–H groups in total. The Morgan fingerprint density at radius 2 is 1.09 bits per heavy atom. The molecule has 2 aliphatic heterocycles. The van der Waals surface area contributed by atoms with Gasteiger partial charge < -0.3 is 0 Å². The second-order valence-electron chi connectivity index (χ2n) is 5.32. The van der Waals surface area contributed by atoms with Crippen molar-refractivity contribution in [2.75, 3.05) is 0 Å². The van der Waals surface area contributed by atoms with E-state index in [4.69, 9.17) is 9.05 Å². The average Bonchev–Trinajstić information content (AvgIpc) is 3.07. The van der Waals surface area contributed by atoms with Crippen LogP contribution in [0.15, 0.2) is 60.7 Å². The van der Waals surface area contributed by atoms with E-state index in [1.165, 1.54) is 0 Å². The summed E-state index contributed by atoms with van der Waals surface area (Å²) >= 11 is 0. The third-order valence-corrected chi connectivity index (χ3v) is 5.84. The van der Waals surface area contributed by atoms with Gasteiger partial charge in [-0.2, -0.15) is 0 Å². The molecule has 4 rings (SSSR count). The highest BCUT2D eigenvalue weighted by atomic mass is 31.2. The molecule has 0 saturated carbocycles. The van der Waals surface area contributed by atoms with Crippen LogP contribution in [0.2, 0.25) is 0 Å². The molecule has 2 aromatic carbocycles. The normalized spacial score (nSPS) is 25.4. The second-order valence-corrected chi connectivity index (χ2v) is 7.30. The number of carbonyl (C=O) groups is 2. The van der Waals surface area contributed by atoms with Gasteiger partial charge in [0, 0.05) is 0 Å². The summed E-state index contributed by atoms with van der Waals surface area (Å²) in [6, 6.07) is 17.1. The quantitative estimate of drug-likeness (QED) is 0.824. The van der Waals surface area contributed by atoms with Crippen molar-refractivity contribution < 1.29 is 18.6 Å². The zero-order chi connectivity index (χ0) is 15.9. The van der Waals surface area contributed by atoms with Gasteiger partial charge in [0.15, 0.2) is 12.1 Å². The summed E-state index contributed by atoms with van der Waals surface area (Å²) in [6.07, 6.45) is 0. The van der Waals surface area contributed by atoms with Gasteiger partial charge in [0.2, 0.25) is 0 Å². The van der Waals surface area contributed by atoms with E-state index in [2.05, 4.69) is 10.2 Å². The third-order valence-electron chi connectivity index (χ3n) is 3.77. The van der Waals surface area contributed by atoms with E-state index in [-0.39, 0.29) is 0 Å². The molecule has 23 heavy (non-hydrogen) atoms. The fraction of sp³-hybridized carbons (Fsp3) is 0.125. The maximum atomic E-state index is 12.2. The fourth-order valence-corrected chi connectivity index (χ4v) is 4.91. The first-order valence-corrected chi connectivity index (χ1v) is 8.81. The Bertz CT molecular complexity index is 688. The zero-order valence-electron chi connectivity index (χ0n) is 12.0. The third kappa shape index (κ3) is 2.51. The van der Waals surface area contributed by atoms with Gasteiger partial charge in [-0.3, -0.25) is 0 Å². The lowest BCUT2D eigenvalue weighted by Crippen LogP contribution is -2.23. The predicted molar refractivity (Wildman–Crippen MR) is 83.7 cm³/mol. The lowest BCUT2D eigenvalue weighted by Gasteiger charge is -2.09. The Kier molecular flexibility index (Phi) is 3.38. The minimum atomic E-state index is -2.95. The first-order chi connectivity index (χ1) is 11.2. The van der Waals surface area contributed by atoms with Crippen molar-refractivity contribution in [2.45, 2.75) is 12.1 Å². The summed E-state index contributed by atoms with van der Waals surface area (Å²) in [6.45, 7) is 0. The van der Waals surface area contributed by atoms with Crippen molar-refractivity contribution in [2.24, 2.45) is 0 Å². The number of nitrogens with one attached hydrogen (secondary N) is 2. The van der Waals surface area contributed by atoms with Crippen LogP contribution in [0, 0.1) is 0 Å². The van der Waals surface area contributed by atoms with Crippen LogP contribution >= 0.6 is 8.02 Å². The summed E-state index contributed by atoms with van der Waals surface area (Å²) in [5, 5.41) is 6.10. The van der Waals surface area contributed by atoms with Gasteiger partial charge in [0.05, 0.1) is 0 Å². The number of benzene rings is 2. The summed E-state index contributed by atoms with van der Waals surface area (Å²) in [7, 11) is -2.95. The highest BCUT2D eigenvalue weighted by Crippen LogP contribution is 2.65. The van der Waals surface area contributed by atoms with Crippen LogP contribution in [0.4, 0.5) is 0 Å². The Balaban J connectivity index is 1.59. The number of rotatable bonds is 2. The Morgan fingerprint density at radius 3 is 1.48 bits per heavy atom. The zero-order valence-corrected chi connectivity index (χ0v) is 12.9. The Morgan fingerprint density at radius 1 is 0.696 bits per heavy atom. The van der Waals surface area contributed by atoms with Crippen LogP contribution in [-0.4, -0.2) is 11.9 Å². The summed E-state index contributed by atoms with van der Waals surface area (Å²) < 4.78 is 10.8. The highest BCUT2D eigenvalue weighted by molar-refractivity contribution is 7.64. The van der Waals surface area contributed by atoms with E-state index in [9.17, 15) is 9.59 Å². The Hall–Kier alpha value is -2.27. The molecule has 2 fully saturated rings. The van der Waals surface area contributed by atoms with Crippen LogP contribution in [0.3, 0.4) is 0 Å². The molecule has 0 aromatic heterocycles. The van der Waals surface area contributed by atoms with E-state index in [1.807, 2.05) is 60.7 Å². The molecule has 7 heteroatoms. The number of hydrogen-bond acceptors (Lipinski definition) is 6. The highest BCUT2D eigenvalue weighted by Gasteiger charge is 2.67. The fourth-order valence-electron chi connectivity index (χ4n) is 2.68. The molecule has 2 atom stereocenters. The van der Waals surface area contributed by atoms with Crippen LogP contribution in [-0.2, 0) is 18.6 Å². The largest absolute Gasteiger partial charge is 0.528 e. The van der Waals surface area contributed by atoms with Crippen LogP contribution in [0.25, 0.3) is 0 Å². The van der Waals surface area contributed by atoms with Crippen molar-refractivity contribution in [3.8, 4) is 0 Å². The Labute approximate surface area is 133 Å². The molecule has 0 amide bonds. The number of hydrogen-bond donors (Lipinski definition) is 2. The van der Waals surface area contributed by atoms with E-state index in [1.54, 1.807) is 0 Å². The molecular weight excluding hydrogens is 315 g/mol. The van der Waals surface area contributed by atoms with Crippen molar-refractivity contribution in [3.05, 3.63) is 71.8 Å².